The van der Waals surface area contributed by atoms with E-state index in [1.165, 1.54) is 18.2 Å². The summed E-state index contributed by atoms with van der Waals surface area (Å²) in [7, 11) is -3.82. The fourth-order valence-corrected chi connectivity index (χ4v) is 2.77. The van der Waals surface area contributed by atoms with Crippen LogP contribution in [0.3, 0.4) is 0 Å². The predicted molar refractivity (Wildman–Crippen MR) is 65.7 cm³/mol. The average molecular weight is 284 g/mol. The summed E-state index contributed by atoms with van der Waals surface area (Å²) in [5.74, 6) is -0.859. The third-order valence-electron chi connectivity index (χ3n) is 2.47. The highest BCUT2D eigenvalue weighted by molar-refractivity contribution is 7.90. The number of aromatic nitrogens is 2. The Labute approximate surface area is 110 Å². The van der Waals surface area contributed by atoms with Gasteiger partial charge in [0.05, 0.1) is 0 Å². The molecule has 0 radical (unpaired) electrons. The lowest BCUT2D eigenvalue weighted by molar-refractivity contribution is 0.361. The molecular weight excluding hydrogens is 271 g/mol. The lowest BCUT2D eigenvalue weighted by Crippen LogP contribution is -2.08. The van der Waals surface area contributed by atoms with Crippen LogP contribution in [0.5, 0.6) is 0 Å². The van der Waals surface area contributed by atoms with Gasteiger partial charge in [-0.05, 0) is 12.1 Å². The lowest BCUT2D eigenvalue weighted by Gasteiger charge is -2.02. The van der Waals surface area contributed by atoms with Crippen LogP contribution < -0.4 is 0 Å². The van der Waals surface area contributed by atoms with E-state index in [0.29, 0.717) is 5.89 Å². The van der Waals surface area contributed by atoms with Crippen molar-refractivity contribution in [3.8, 4) is 0 Å². The van der Waals surface area contributed by atoms with Crippen LogP contribution in [0.2, 0.25) is 0 Å². The van der Waals surface area contributed by atoms with Crippen molar-refractivity contribution < 1.29 is 17.3 Å². The first-order valence-electron chi connectivity index (χ1n) is 5.70. The number of halogens is 1. The molecule has 0 unspecified atom stereocenters. The van der Waals surface area contributed by atoms with Crippen LogP contribution in [0.4, 0.5) is 4.39 Å². The first-order valence-corrected chi connectivity index (χ1v) is 7.35. The zero-order chi connectivity index (χ0) is 14.0. The van der Waals surface area contributed by atoms with Gasteiger partial charge in [-0.25, -0.2) is 12.8 Å². The average Bonchev–Trinajstić information content (AvgIpc) is 2.77. The molecule has 1 aromatic heterocycles. The second-order valence-electron chi connectivity index (χ2n) is 4.39. The standard InChI is InChI=1S/C12H13FN2O3S/c1-8(2)12-14-11(15-18-12)7-19(16,17)10-6-4-3-5-9(10)13/h3-6,8H,7H2,1-2H3. The molecule has 7 heteroatoms. The second kappa shape index (κ2) is 5.08. The fraction of sp³-hybridized carbons (Fsp3) is 0.333. The summed E-state index contributed by atoms with van der Waals surface area (Å²) in [6.07, 6.45) is 0. The summed E-state index contributed by atoms with van der Waals surface area (Å²) in [5, 5.41) is 3.59. The molecule has 1 heterocycles. The topological polar surface area (TPSA) is 73.1 Å². The Balaban J connectivity index is 2.29. The van der Waals surface area contributed by atoms with E-state index in [4.69, 9.17) is 4.52 Å². The SMILES string of the molecule is CC(C)c1nc(CS(=O)(=O)c2ccccc2F)no1. The number of rotatable bonds is 4. The van der Waals surface area contributed by atoms with Gasteiger partial charge in [0.2, 0.25) is 5.89 Å². The van der Waals surface area contributed by atoms with Crippen molar-refractivity contribution in [2.75, 3.05) is 0 Å². The van der Waals surface area contributed by atoms with Crippen molar-refractivity contribution in [3.63, 3.8) is 0 Å². The molecule has 5 nitrogen and oxygen atoms in total. The number of hydrogen-bond donors (Lipinski definition) is 0. The molecule has 0 N–H and O–H groups in total. The van der Waals surface area contributed by atoms with Crippen LogP contribution in [-0.2, 0) is 15.6 Å². The Hall–Kier alpha value is -1.76. The van der Waals surface area contributed by atoms with E-state index >= 15 is 0 Å². The van der Waals surface area contributed by atoms with Gasteiger partial charge in [-0.15, -0.1) is 0 Å². The molecule has 1 aromatic carbocycles. The van der Waals surface area contributed by atoms with E-state index in [2.05, 4.69) is 10.1 Å². The largest absolute Gasteiger partial charge is 0.339 e. The Morgan fingerprint density at radius 3 is 2.58 bits per heavy atom. The third-order valence-corrected chi connectivity index (χ3v) is 4.11. The van der Waals surface area contributed by atoms with Gasteiger partial charge in [-0.1, -0.05) is 31.1 Å². The summed E-state index contributed by atoms with van der Waals surface area (Å²) >= 11 is 0. The zero-order valence-electron chi connectivity index (χ0n) is 10.5. The molecule has 0 aliphatic rings. The molecule has 0 aliphatic carbocycles. The van der Waals surface area contributed by atoms with Gasteiger partial charge >= 0.3 is 0 Å². The maximum atomic E-state index is 13.5. The maximum absolute atomic E-state index is 13.5. The van der Waals surface area contributed by atoms with Crippen LogP contribution >= 0.6 is 0 Å². The molecule has 2 aromatic rings. The highest BCUT2D eigenvalue weighted by Gasteiger charge is 2.22. The number of benzene rings is 1. The van der Waals surface area contributed by atoms with Crippen molar-refractivity contribution in [1.82, 2.24) is 10.1 Å². The van der Waals surface area contributed by atoms with Crippen LogP contribution in [0.25, 0.3) is 0 Å². The number of nitrogens with zero attached hydrogens (tertiary/aromatic N) is 2. The molecule has 0 saturated carbocycles. The van der Waals surface area contributed by atoms with Gasteiger partial charge in [0.25, 0.3) is 0 Å². The molecule has 0 atom stereocenters. The molecule has 0 fully saturated rings. The molecule has 0 saturated heterocycles. The van der Waals surface area contributed by atoms with Gasteiger partial charge in [0, 0.05) is 5.92 Å². The van der Waals surface area contributed by atoms with E-state index in [-0.39, 0.29) is 16.6 Å². The third kappa shape index (κ3) is 2.98. The molecule has 0 aliphatic heterocycles. The summed E-state index contributed by atoms with van der Waals surface area (Å²) < 4.78 is 42.5. The monoisotopic (exact) mass is 284 g/mol. The normalized spacial score (nSPS) is 12.0. The minimum atomic E-state index is -3.82. The maximum Gasteiger partial charge on any atom is 0.229 e. The van der Waals surface area contributed by atoms with Crippen LogP contribution in [0, 0.1) is 5.82 Å². The van der Waals surface area contributed by atoms with Crippen LogP contribution in [0.15, 0.2) is 33.7 Å². The van der Waals surface area contributed by atoms with Crippen molar-refractivity contribution in [2.24, 2.45) is 0 Å². The highest BCUT2D eigenvalue weighted by Crippen LogP contribution is 2.19. The van der Waals surface area contributed by atoms with E-state index < -0.39 is 21.4 Å². The molecular formula is C12H13FN2O3S. The van der Waals surface area contributed by atoms with Crippen molar-refractivity contribution in [3.05, 3.63) is 41.8 Å². The molecule has 102 valence electrons. The number of hydrogen-bond acceptors (Lipinski definition) is 5. The Bertz CT molecular complexity index is 680. The van der Waals surface area contributed by atoms with Gasteiger partial charge in [0.1, 0.15) is 16.5 Å². The zero-order valence-corrected chi connectivity index (χ0v) is 11.3. The smallest absolute Gasteiger partial charge is 0.229 e. The molecule has 0 spiro atoms. The van der Waals surface area contributed by atoms with Gasteiger partial charge in [0.15, 0.2) is 15.7 Å². The Kier molecular flexibility index (Phi) is 3.66. The lowest BCUT2D eigenvalue weighted by atomic mass is 10.2. The summed E-state index contributed by atoms with van der Waals surface area (Å²) in [6, 6.07) is 5.21. The van der Waals surface area contributed by atoms with E-state index in [1.54, 1.807) is 0 Å². The van der Waals surface area contributed by atoms with Crippen LogP contribution in [-0.4, -0.2) is 18.6 Å². The number of sulfone groups is 1. The van der Waals surface area contributed by atoms with Gasteiger partial charge < -0.3 is 4.52 Å². The molecule has 19 heavy (non-hydrogen) atoms. The van der Waals surface area contributed by atoms with E-state index in [1.807, 2.05) is 13.8 Å². The van der Waals surface area contributed by atoms with E-state index in [9.17, 15) is 12.8 Å². The van der Waals surface area contributed by atoms with Gasteiger partial charge in [-0.3, -0.25) is 0 Å². The fourth-order valence-electron chi connectivity index (χ4n) is 1.51. The van der Waals surface area contributed by atoms with Crippen molar-refractivity contribution >= 4 is 9.84 Å². The summed E-state index contributed by atoms with van der Waals surface area (Å²) in [4.78, 5) is 3.62. The second-order valence-corrected chi connectivity index (χ2v) is 6.35. The summed E-state index contributed by atoms with van der Waals surface area (Å²) in [6.45, 7) is 3.70. The summed E-state index contributed by atoms with van der Waals surface area (Å²) in [5.41, 5.74) is 0. The molecule has 0 amide bonds. The minimum Gasteiger partial charge on any atom is -0.339 e. The molecule has 0 bridgehead atoms. The van der Waals surface area contributed by atoms with E-state index in [0.717, 1.165) is 6.07 Å². The van der Waals surface area contributed by atoms with Crippen molar-refractivity contribution in [1.29, 1.82) is 0 Å². The Morgan fingerprint density at radius 1 is 1.32 bits per heavy atom. The minimum absolute atomic E-state index is 0.0115. The van der Waals surface area contributed by atoms with Gasteiger partial charge in [-0.2, -0.15) is 4.98 Å². The first kappa shape index (κ1) is 13.7. The Morgan fingerprint density at radius 2 is 2.00 bits per heavy atom. The van der Waals surface area contributed by atoms with Crippen LogP contribution in [0.1, 0.15) is 31.5 Å². The molecule has 2 rings (SSSR count). The highest BCUT2D eigenvalue weighted by atomic mass is 32.2. The first-order chi connectivity index (χ1) is 8.90. The quantitative estimate of drug-likeness (QED) is 0.861. The predicted octanol–water partition coefficient (Wildman–Crippen LogP) is 2.31. The van der Waals surface area contributed by atoms with Crippen molar-refractivity contribution in [2.45, 2.75) is 30.4 Å².